The first kappa shape index (κ1) is 13.7. The van der Waals surface area contributed by atoms with E-state index in [0.29, 0.717) is 6.42 Å². The molecule has 0 aliphatic carbocycles. The van der Waals surface area contributed by atoms with Crippen molar-refractivity contribution in [2.24, 2.45) is 0 Å². The summed E-state index contributed by atoms with van der Waals surface area (Å²) in [4.78, 5) is 15.5. The molecule has 1 atom stereocenters. The SMILES string of the molecule is Cl.O=C(CC1CCCN1)Nc1ncccc1O. The van der Waals surface area contributed by atoms with Gasteiger partial charge in [0.2, 0.25) is 5.91 Å². The number of pyridine rings is 1. The number of nitrogens with zero attached hydrogens (tertiary/aromatic N) is 1. The Labute approximate surface area is 106 Å². The Morgan fingerprint density at radius 1 is 1.65 bits per heavy atom. The predicted molar refractivity (Wildman–Crippen MR) is 67.4 cm³/mol. The number of halogens is 1. The van der Waals surface area contributed by atoms with E-state index in [2.05, 4.69) is 15.6 Å². The highest BCUT2D eigenvalue weighted by molar-refractivity contribution is 5.91. The van der Waals surface area contributed by atoms with Crippen molar-refractivity contribution >= 4 is 24.1 Å². The summed E-state index contributed by atoms with van der Waals surface area (Å²) in [5, 5.41) is 15.3. The minimum absolute atomic E-state index is 0. The molecule has 0 saturated carbocycles. The molecule has 17 heavy (non-hydrogen) atoms. The van der Waals surface area contributed by atoms with Crippen LogP contribution in [0.15, 0.2) is 18.3 Å². The summed E-state index contributed by atoms with van der Waals surface area (Å²) in [6.07, 6.45) is 4.10. The fourth-order valence-corrected chi connectivity index (χ4v) is 1.83. The van der Waals surface area contributed by atoms with Gasteiger partial charge in [0.15, 0.2) is 11.6 Å². The fraction of sp³-hybridized carbons (Fsp3) is 0.455. The van der Waals surface area contributed by atoms with Crippen LogP contribution in [0.2, 0.25) is 0 Å². The van der Waals surface area contributed by atoms with Gasteiger partial charge in [0, 0.05) is 18.7 Å². The number of anilines is 1. The van der Waals surface area contributed by atoms with Gasteiger partial charge >= 0.3 is 0 Å². The smallest absolute Gasteiger partial charge is 0.227 e. The molecule has 1 aromatic heterocycles. The number of amides is 1. The quantitative estimate of drug-likeness (QED) is 0.763. The topological polar surface area (TPSA) is 74.2 Å². The second-order valence-corrected chi connectivity index (χ2v) is 3.92. The molecule has 1 aliphatic heterocycles. The first-order valence-corrected chi connectivity index (χ1v) is 5.43. The van der Waals surface area contributed by atoms with E-state index in [1.807, 2.05) is 0 Å². The lowest BCUT2D eigenvalue weighted by Gasteiger charge is -2.10. The van der Waals surface area contributed by atoms with Crippen LogP contribution in [0.1, 0.15) is 19.3 Å². The summed E-state index contributed by atoms with van der Waals surface area (Å²) in [5.74, 6) is 0.106. The Morgan fingerprint density at radius 3 is 3.12 bits per heavy atom. The first-order chi connectivity index (χ1) is 7.75. The van der Waals surface area contributed by atoms with Crippen molar-refractivity contribution in [2.45, 2.75) is 25.3 Å². The first-order valence-electron chi connectivity index (χ1n) is 5.43. The molecular weight excluding hydrogens is 242 g/mol. The molecule has 1 amide bonds. The maximum Gasteiger partial charge on any atom is 0.227 e. The molecule has 0 aromatic carbocycles. The largest absolute Gasteiger partial charge is 0.504 e. The average molecular weight is 258 g/mol. The Morgan fingerprint density at radius 2 is 2.47 bits per heavy atom. The van der Waals surface area contributed by atoms with Crippen molar-refractivity contribution in [3.63, 3.8) is 0 Å². The number of aromatic nitrogens is 1. The molecule has 1 aliphatic rings. The summed E-state index contributed by atoms with van der Waals surface area (Å²) >= 11 is 0. The normalized spacial score (nSPS) is 18.5. The van der Waals surface area contributed by atoms with Crippen molar-refractivity contribution in [2.75, 3.05) is 11.9 Å². The van der Waals surface area contributed by atoms with Crippen LogP contribution in [0.5, 0.6) is 5.75 Å². The van der Waals surface area contributed by atoms with Crippen LogP contribution < -0.4 is 10.6 Å². The molecular formula is C11H16ClN3O2. The van der Waals surface area contributed by atoms with Gasteiger partial charge in [0.05, 0.1) is 0 Å². The van der Waals surface area contributed by atoms with Crippen LogP contribution >= 0.6 is 12.4 Å². The molecule has 1 saturated heterocycles. The van der Waals surface area contributed by atoms with Gasteiger partial charge in [-0.2, -0.15) is 0 Å². The lowest BCUT2D eigenvalue weighted by atomic mass is 10.1. The number of hydrogen-bond donors (Lipinski definition) is 3. The zero-order valence-electron chi connectivity index (χ0n) is 9.35. The molecule has 5 nitrogen and oxygen atoms in total. The van der Waals surface area contributed by atoms with E-state index in [4.69, 9.17) is 0 Å². The van der Waals surface area contributed by atoms with Crippen LogP contribution in [0.25, 0.3) is 0 Å². The van der Waals surface area contributed by atoms with Crippen molar-refractivity contribution in [1.82, 2.24) is 10.3 Å². The molecule has 6 heteroatoms. The minimum Gasteiger partial charge on any atom is -0.504 e. The van der Waals surface area contributed by atoms with Crippen LogP contribution in [-0.2, 0) is 4.79 Å². The van der Waals surface area contributed by atoms with E-state index in [1.54, 1.807) is 6.07 Å². The van der Waals surface area contributed by atoms with Crippen molar-refractivity contribution in [1.29, 1.82) is 0 Å². The molecule has 1 unspecified atom stereocenters. The highest BCUT2D eigenvalue weighted by Crippen LogP contribution is 2.19. The summed E-state index contributed by atoms with van der Waals surface area (Å²) in [6.45, 7) is 0.979. The Hall–Kier alpha value is -1.33. The van der Waals surface area contributed by atoms with Crippen LogP contribution in [0, 0.1) is 0 Å². The maximum atomic E-state index is 11.6. The van der Waals surface area contributed by atoms with Gasteiger partial charge in [-0.1, -0.05) is 0 Å². The number of nitrogens with one attached hydrogen (secondary N) is 2. The third-order valence-electron chi connectivity index (χ3n) is 2.64. The van der Waals surface area contributed by atoms with E-state index in [1.165, 1.54) is 12.3 Å². The van der Waals surface area contributed by atoms with E-state index >= 15 is 0 Å². The number of carbonyl (C=O) groups is 1. The van der Waals surface area contributed by atoms with Gasteiger partial charge in [0.1, 0.15) is 0 Å². The molecule has 2 rings (SSSR count). The second kappa shape index (κ2) is 6.42. The van der Waals surface area contributed by atoms with Crippen LogP contribution in [-0.4, -0.2) is 28.6 Å². The molecule has 1 aromatic rings. The lowest BCUT2D eigenvalue weighted by molar-refractivity contribution is -0.116. The predicted octanol–water partition coefficient (Wildman–Crippen LogP) is 1.29. The molecule has 94 valence electrons. The zero-order chi connectivity index (χ0) is 11.4. The van der Waals surface area contributed by atoms with Crippen LogP contribution in [0.3, 0.4) is 0 Å². The average Bonchev–Trinajstić information content (AvgIpc) is 2.74. The second-order valence-electron chi connectivity index (χ2n) is 3.92. The van der Waals surface area contributed by atoms with Gasteiger partial charge < -0.3 is 15.7 Å². The summed E-state index contributed by atoms with van der Waals surface area (Å²) in [7, 11) is 0. The van der Waals surface area contributed by atoms with Crippen molar-refractivity contribution in [3.05, 3.63) is 18.3 Å². The van der Waals surface area contributed by atoms with E-state index in [-0.39, 0.29) is 35.9 Å². The Bertz CT molecular complexity index is 381. The van der Waals surface area contributed by atoms with E-state index in [9.17, 15) is 9.90 Å². The third-order valence-corrected chi connectivity index (χ3v) is 2.64. The Kier molecular flexibility index (Phi) is 5.18. The number of aromatic hydroxyl groups is 1. The van der Waals surface area contributed by atoms with E-state index in [0.717, 1.165) is 19.4 Å². The summed E-state index contributed by atoms with van der Waals surface area (Å²) < 4.78 is 0. The monoisotopic (exact) mass is 257 g/mol. The van der Waals surface area contributed by atoms with Gasteiger partial charge in [-0.3, -0.25) is 4.79 Å². The lowest BCUT2D eigenvalue weighted by Crippen LogP contribution is -2.27. The number of hydrogen-bond acceptors (Lipinski definition) is 4. The molecule has 3 N–H and O–H groups in total. The van der Waals surface area contributed by atoms with Gasteiger partial charge in [-0.05, 0) is 31.5 Å². The highest BCUT2D eigenvalue weighted by Gasteiger charge is 2.18. The van der Waals surface area contributed by atoms with Crippen LogP contribution in [0.4, 0.5) is 5.82 Å². The molecule has 0 spiro atoms. The van der Waals surface area contributed by atoms with Gasteiger partial charge in [0.25, 0.3) is 0 Å². The number of carbonyl (C=O) groups excluding carboxylic acids is 1. The molecule has 2 heterocycles. The Balaban J connectivity index is 0.00000144. The molecule has 0 radical (unpaired) electrons. The highest BCUT2D eigenvalue weighted by atomic mass is 35.5. The van der Waals surface area contributed by atoms with Gasteiger partial charge in [-0.25, -0.2) is 4.98 Å². The zero-order valence-corrected chi connectivity index (χ0v) is 10.2. The molecule has 1 fully saturated rings. The van der Waals surface area contributed by atoms with E-state index < -0.39 is 0 Å². The standard InChI is InChI=1S/C11H15N3O2.ClH/c15-9-4-2-6-13-11(9)14-10(16)7-8-3-1-5-12-8;/h2,4,6,8,12,15H,1,3,5,7H2,(H,13,14,16);1H. The number of rotatable bonds is 3. The third kappa shape index (κ3) is 3.87. The van der Waals surface area contributed by atoms with Gasteiger partial charge in [-0.15, -0.1) is 12.4 Å². The maximum absolute atomic E-state index is 11.6. The summed E-state index contributed by atoms with van der Waals surface area (Å²) in [5.41, 5.74) is 0. The fourth-order valence-electron chi connectivity index (χ4n) is 1.83. The minimum atomic E-state index is -0.117. The summed E-state index contributed by atoms with van der Waals surface area (Å²) in [6, 6.07) is 3.37. The van der Waals surface area contributed by atoms with Crippen molar-refractivity contribution in [3.8, 4) is 5.75 Å². The van der Waals surface area contributed by atoms with Crippen molar-refractivity contribution < 1.29 is 9.90 Å². The molecule has 0 bridgehead atoms.